The van der Waals surface area contributed by atoms with E-state index in [1.807, 2.05) is 13.0 Å². The van der Waals surface area contributed by atoms with E-state index in [0.29, 0.717) is 11.1 Å². The summed E-state index contributed by atoms with van der Waals surface area (Å²) >= 11 is 0. The monoisotopic (exact) mass is 232 g/mol. The zero-order valence-electron chi connectivity index (χ0n) is 9.43. The summed E-state index contributed by atoms with van der Waals surface area (Å²) in [6, 6.07) is 5.18. The Kier molecular flexibility index (Phi) is 3.04. The molecule has 0 spiro atoms. The molecule has 0 amide bonds. The number of benzene rings is 1. The topological polar surface area (TPSA) is 60.4 Å². The first kappa shape index (κ1) is 11.5. The van der Waals surface area contributed by atoms with E-state index >= 15 is 0 Å². The fourth-order valence-electron chi connectivity index (χ4n) is 2.03. The molecular formula is C13H12O4. The average molecular weight is 232 g/mol. The number of hydrogen-bond acceptors (Lipinski definition) is 4. The molecule has 17 heavy (non-hydrogen) atoms. The molecule has 0 heterocycles. The molecule has 0 radical (unpaired) electrons. The maximum absolute atomic E-state index is 11.8. The lowest BCUT2D eigenvalue weighted by Crippen LogP contribution is -2.25. The van der Waals surface area contributed by atoms with Crippen molar-refractivity contribution in [2.75, 3.05) is 0 Å². The lowest BCUT2D eigenvalue weighted by molar-refractivity contribution is -0.130. The van der Waals surface area contributed by atoms with Crippen molar-refractivity contribution in [3.63, 3.8) is 0 Å². The number of rotatable bonds is 4. The normalized spacial score (nSPS) is 18.1. The Morgan fingerprint density at radius 2 is 1.94 bits per heavy atom. The van der Waals surface area contributed by atoms with Crippen molar-refractivity contribution in [1.82, 2.24) is 0 Å². The van der Waals surface area contributed by atoms with E-state index in [-0.39, 0.29) is 6.47 Å². The van der Waals surface area contributed by atoms with Gasteiger partial charge in [-0.1, -0.05) is 25.5 Å². The number of ether oxygens (including phenoxy) is 1. The van der Waals surface area contributed by atoms with Crippen LogP contribution in [0.2, 0.25) is 0 Å². The molecule has 0 saturated heterocycles. The van der Waals surface area contributed by atoms with Crippen LogP contribution in [0.1, 0.15) is 39.6 Å². The summed E-state index contributed by atoms with van der Waals surface area (Å²) < 4.78 is 4.53. The van der Waals surface area contributed by atoms with Crippen LogP contribution in [0.5, 0.6) is 0 Å². The highest BCUT2D eigenvalue weighted by Gasteiger charge is 2.40. The van der Waals surface area contributed by atoms with Crippen LogP contribution < -0.4 is 0 Å². The first-order chi connectivity index (χ1) is 8.19. The smallest absolute Gasteiger partial charge is 0.294 e. The highest BCUT2D eigenvalue weighted by Crippen LogP contribution is 2.25. The largest absolute Gasteiger partial charge is 0.448 e. The van der Waals surface area contributed by atoms with Crippen molar-refractivity contribution < 1.29 is 19.1 Å². The molecule has 0 aliphatic heterocycles. The van der Waals surface area contributed by atoms with Crippen LogP contribution in [-0.4, -0.2) is 24.1 Å². The Morgan fingerprint density at radius 1 is 1.24 bits per heavy atom. The molecule has 1 atom stereocenters. The maximum atomic E-state index is 11.8. The van der Waals surface area contributed by atoms with Crippen molar-refractivity contribution in [2.45, 2.75) is 25.9 Å². The molecule has 0 saturated carbocycles. The quantitative estimate of drug-likeness (QED) is 0.584. The molecule has 1 aromatic carbocycles. The second kappa shape index (κ2) is 4.49. The van der Waals surface area contributed by atoms with Crippen molar-refractivity contribution in [1.29, 1.82) is 0 Å². The number of Topliss-reactive ketones (excluding diaryl/α,β-unsaturated/α-hetero) is 2. The van der Waals surface area contributed by atoms with E-state index in [0.717, 1.165) is 18.4 Å². The molecule has 1 aromatic rings. The zero-order chi connectivity index (χ0) is 12.4. The summed E-state index contributed by atoms with van der Waals surface area (Å²) in [6.45, 7) is 2.18. The summed E-state index contributed by atoms with van der Waals surface area (Å²) in [6.07, 6.45) is 0.544. The number of fused-ring (bicyclic) bond motifs is 1. The summed E-state index contributed by atoms with van der Waals surface area (Å²) in [5.74, 6) is -0.852. The lowest BCUT2D eigenvalue weighted by atomic mass is 10.0. The standard InChI is InChI=1S/C13H12O4/c1-2-3-8-4-5-9-10(6-8)12(16)13(11(9)15)17-7-14/h4-7,13H,2-3H2,1H3. The second-order valence-corrected chi connectivity index (χ2v) is 3.97. The Labute approximate surface area is 98.6 Å². The summed E-state index contributed by atoms with van der Waals surface area (Å²) in [4.78, 5) is 33.9. The van der Waals surface area contributed by atoms with Gasteiger partial charge in [-0.25, -0.2) is 0 Å². The van der Waals surface area contributed by atoms with E-state index in [1.54, 1.807) is 12.1 Å². The number of ketones is 2. The minimum atomic E-state index is -1.28. The minimum absolute atomic E-state index is 0.138. The third-order valence-electron chi connectivity index (χ3n) is 2.82. The Hall–Kier alpha value is -1.97. The molecule has 1 unspecified atom stereocenters. The number of aryl methyl sites for hydroxylation is 1. The molecule has 1 aliphatic carbocycles. The van der Waals surface area contributed by atoms with Crippen molar-refractivity contribution in [2.24, 2.45) is 0 Å². The maximum Gasteiger partial charge on any atom is 0.294 e. The van der Waals surface area contributed by atoms with Crippen LogP contribution in [0.3, 0.4) is 0 Å². The zero-order valence-corrected chi connectivity index (χ0v) is 9.43. The van der Waals surface area contributed by atoms with Gasteiger partial charge < -0.3 is 4.74 Å². The van der Waals surface area contributed by atoms with Gasteiger partial charge in [0.1, 0.15) is 0 Å². The van der Waals surface area contributed by atoms with Crippen LogP contribution in [-0.2, 0) is 16.0 Å². The van der Waals surface area contributed by atoms with Crippen LogP contribution in [0.4, 0.5) is 0 Å². The predicted molar refractivity (Wildman–Crippen MR) is 60.0 cm³/mol. The molecular weight excluding hydrogens is 220 g/mol. The van der Waals surface area contributed by atoms with Gasteiger partial charge in [0, 0.05) is 11.1 Å². The first-order valence-electron chi connectivity index (χ1n) is 5.49. The SMILES string of the molecule is CCCc1ccc2c(c1)C(=O)C(OC=O)C2=O. The van der Waals surface area contributed by atoms with Gasteiger partial charge in [-0.05, 0) is 18.1 Å². The molecule has 0 fully saturated rings. The fraction of sp³-hybridized carbons (Fsp3) is 0.308. The third kappa shape index (κ3) is 1.86. The van der Waals surface area contributed by atoms with Gasteiger partial charge in [0.25, 0.3) is 6.47 Å². The second-order valence-electron chi connectivity index (χ2n) is 3.97. The molecule has 0 aromatic heterocycles. The highest BCUT2D eigenvalue weighted by atomic mass is 16.5. The van der Waals surface area contributed by atoms with Gasteiger partial charge in [0.2, 0.25) is 17.7 Å². The van der Waals surface area contributed by atoms with E-state index in [1.165, 1.54) is 0 Å². The summed E-state index contributed by atoms with van der Waals surface area (Å²) in [5, 5.41) is 0. The summed E-state index contributed by atoms with van der Waals surface area (Å²) in [5.41, 5.74) is 1.73. The Balaban J connectivity index is 2.39. The van der Waals surface area contributed by atoms with Crippen LogP contribution in [0.15, 0.2) is 18.2 Å². The molecule has 4 nitrogen and oxygen atoms in total. The third-order valence-corrected chi connectivity index (χ3v) is 2.82. The molecule has 2 rings (SSSR count). The van der Waals surface area contributed by atoms with Crippen LogP contribution >= 0.6 is 0 Å². The van der Waals surface area contributed by atoms with Crippen molar-refractivity contribution in [3.05, 3.63) is 34.9 Å². The number of carbonyl (C=O) groups is 3. The van der Waals surface area contributed by atoms with Gasteiger partial charge in [-0.3, -0.25) is 14.4 Å². The lowest BCUT2D eigenvalue weighted by Gasteiger charge is -2.02. The van der Waals surface area contributed by atoms with Gasteiger partial charge in [0.05, 0.1) is 0 Å². The van der Waals surface area contributed by atoms with Crippen molar-refractivity contribution >= 4 is 18.0 Å². The van der Waals surface area contributed by atoms with Crippen LogP contribution in [0.25, 0.3) is 0 Å². The molecule has 0 bridgehead atoms. The number of carbonyl (C=O) groups excluding carboxylic acids is 3. The van der Waals surface area contributed by atoms with Crippen LogP contribution in [0, 0.1) is 0 Å². The van der Waals surface area contributed by atoms with E-state index in [9.17, 15) is 14.4 Å². The first-order valence-corrected chi connectivity index (χ1v) is 5.49. The van der Waals surface area contributed by atoms with Gasteiger partial charge >= 0.3 is 0 Å². The molecule has 4 heteroatoms. The van der Waals surface area contributed by atoms with E-state index in [2.05, 4.69) is 4.74 Å². The fourth-order valence-corrected chi connectivity index (χ4v) is 2.03. The predicted octanol–water partition coefficient (Wildman–Crippen LogP) is 1.56. The molecule has 88 valence electrons. The van der Waals surface area contributed by atoms with Gasteiger partial charge in [0.15, 0.2) is 0 Å². The minimum Gasteiger partial charge on any atom is -0.448 e. The Morgan fingerprint density at radius 3 is 2.59 bits per heavy atom. The van der Waals surface area contributed by atoms with Crippen molar-refractivity contribution in [3.8, 4) is 0 Å². The van der Waals surface area contributed by atoms with E-state index in [4.69, 9.17) is 0 Å². The van der Waals surface area contributed by atoms with E-state index < -0.39 is 17.7 Å². The number of hydrogen-bond donors (Lipinski definition) is 0. The Bertz CT molecular complexity index is 490. The van der Waals surface area contributed by atoms with Gasteiger partial charge in [-0.2, -0.15) is 0 Å². The molecule has 1 aliphatic rings. The summed E-state index contributed by atoms with van der Waals surface area (Å²) in [7, 11) is 0. The highest BCUT2D eigenvalue weighted by molar-refractivity contribution is 6.29. The van der Waals surface area contributed by atoms with Gasteiger partial charge in [-0.15, -0.1) is 0 Å². The molecule has 0 N–H and O–H groups in total. The average Bonchev–Trinajstić information content (AvgIpc) is 2.55.